The summed E-state index contributed by atoms with van der Waals surface area (Å²) in [6.45, 7) is 6.19. The number of rotatable bonds is 6. The molecule has 0 unspecified atom stereocenters. The molecule has 0 fully saturated rings. The Balaban J connectivity index is 2.72. The number of aliphatic carboxylic acids is 1. The topological polar surface area (TPSA) is 69.6 Å². The van der Waals surface area contributed by atoms with E-state index in [4.69, 9.17) is 5.11 Å². The van der Waals surface area contributed by atoms with Crippen molar-refractivity contribution in [3.63, 3.8) is 0 Å². The number of hydrogen-bond acceptors (Lipinski definition) is 2. The van der Waals surface area contributed by atoms with Gasteiger partial charge in [0.1, 0.15) is 0 Å². The monoisotopic (exact) mass is 356 g/mol. The van der Waals surface area contributed by atoms with Gasteiger partial charge in [0.2, 0.25) is 0 Å². The first-order valence-electron chi connectivity index (χ1n) is 6.87. The number of nitrogens with one attached hydrogen (secondary N) is 1. The number of carboxylic acid groups (broad SMARTS) is 1. The lowest BCUT2D eigenvalue weighted by molar-refractivity contribution is -0.137. The molecule has 1 aromatic carbocycles. The van der Waals surface area contributed by atoms with Gasteiger partial charge >= 0.3 is 12.0 Å². The van der Waals surface area contributed by atoms with Crippen molar-refractivity contribution in [2.75, 3.05) is 11.9 Å². The molecule has 2 amide bonds. The van der Waals surface area contributed by atoms with Gasteiger partial charge in [-0.3, -0.25) is 4.79 Å². The molecule has 0 aliphatic carbocycles. The lowest BCUT2D eigenvalue weighted by Gasteiger charge is -2.27. The van der Waals surface area contributed by atoms with Gasteiger partial charge < -0.3 is 15.3 Å². The zero-order chi connectivity index (χ0) is 16.0. The van der Waals surface area contributed by atoms with Gasteiger partial charge in [0.25, 0.3) is 0 Å². The van der Waals surface area contributed by atoms with Crippen LogP contribution in [0.15, 0.2) is 22.7 Å². The number of anilines is 1. The number of aryl methyl sites for hydroxylation is 1. The van der Waals surface area contributed by atoms with E-state index in [1.807, 2.05) is 39.0 Å². The molecule has 0 aliphatic heterocycles. The predicted molar refractivity (Wildman–Crippen MR) is 86.6 cm³/mol. The number of amides is 2. The highest BCUT2D eigenvalue weighted by atomic mass is 79.9. The molecule has 0 saturated carbocycles. The SMILES string of the molecule is Cc1ccc(Br)c(NC(=O)N(CCCC(=O)O)C(C)C)c1. The van der Waals surface area contributed by atoms with E-state index in [1.165, 1.54) is 0 Å². The van der Waals surface area contributed by atoms with Crippen LogP contribution in [0.2, 0.25) is 0 Å². The molecule has 1 aromatic rings. The Morgan fingerprint density at radius 1 is 1.38 bits per heavy atom. The van der Waals surface area contributed by atoms with Crippen LogP contribution >= 0.6 is 15.9 Å². The number of halogens is 1. The van der Waals surface area contributed by atoms with E-state index in [9.17, 15) is 9.59 Å². The molecule has 116 valence electrons. The van der Waals surface area contributed by atoms with Gasteiger partial charge in [-0.15, -0.1) is 0 Å². The zero-order valence-corrected chi connectivity index (χ0v) is 14.1. The van der Waals surface area contributed by atoms with Gasteiger partial charge in [0, 0.05) is 23.5 Å². The lowest BCUT2D eigenvalue weighted by Crippen LogP contribution is -2.40. The standard InChI is InChI=1S/C15H21BrN2O3/c1-10(2)18(8-4-5-14(19)20)15(21)17-13-9-11(3)6-7-12(13)16/h6-7,9-10H,4-5,8H2,1-3H3,(H,17,21)(H,19,20). The van der Waals surface area contributed by atoms with Crippen LogP contribution in [0, 0.1) is 6.92 Å². The fourth-order valence-electron chi connectivity index (χ4n) is 1.92. The summed E-state index contributed by atoms with van der Waals surface area (Å²) in [5.41, 5.74) is 1.76. The third-order valence-electron chi connectivity index (χ3n) is 3.04. The molecule has 0 radical (unpaired) electrons. The van der Waals surface area contributed by atoms with Crippen LogP contribution in [0.3, 0.4) is 0 Å². The first kappa shape index (κ1) is 17.5. The third kappa shape index (κ3) is 5.75. The number of hydrogen-bond donors (Lipinski definition) is 2. The molecule has 0 spiro atoms. The van der Waals surface area contributed by atoms with Gasteiger partial charge in [0.15, 0.2) is 0 Å². The molecule has 6 heteroatoms. The number of benzene rings is 1. The van der Waals surface area contributed by atoms with Crippen LogP contribution in [0.25, 0.3) is 0 Å². The number of carbonyl (C=O) groups is 2. The Morgan fingerprint density at radius 2 is 2.05 bits per heavy atom. The minimum atomic E-state index is -0.847. The van der Waals surface area contributed by atoms with Crippen LogP contribution in [0.1, 0.15) is 32.3 Å². The highest BCUT2D eigenvalue weighted by molar-refractivity contribution is 9.10. The molecule has 1 rings (SSSR count). The molecular weight excluding hydrogens is 336 g/mol. The summed E-state index contributed by atoms with van der Waals surface area (Å²) in [6, 6.07) is 5.50. The summed E-state index contributed by atoms with van der Waals surface area (Å²) in [5.74, 6) is -0.847. The van der Waals surface area contributed by atoms with E-state index < -0.39 is 5.97 Å². The molecule has 2 N–H and O–H groups in total. The average molecular weight is 357 g/mol. The van der Waals surface area contributed by atoms with Crippen LogP contribution < -0.4 is 5.32 Å². The Morgan fingerprint density at radius 3 is 2.62 bits per heavy atom. The first-order chi connectivity index (χ1) is 9.81. The zero-order valence-electron chi connectivity index (χ0n) is 12.5. The van der Waals surface area contributed by atoms with Gasteiger partial charge in [-0.05, 0) is 60.8 Å². The van der Waals surface area contributed by atoms with Crippen LogP contribution in [-0.4, -0.2) is 34.6 Å². The Kier molecular flexibility index (Phi) is 6.68. The Labute approximate surface area is 133 Å². The van der Waals surface area contributed by atoms with Crippen molar-refractivity contribution in [1.29, 1.82) is 0 Å². The third-order valence-corrected chi connectivity index (χ3v) is 3.73. The first-order valence-corrected chi connectivity index (χ1v) is 7.66. The van der Waals surface area contributed by atoms with Crippen LogP contribution in [0.4, 0.5) is 10.5 Å². The minimum Gasteiger partial charge on any atom is -0.481 e. The fourth-order valence-corrected chi connectivity index (χ4v) is 2.26. The number of carbonyl (C=O) groups excluding carboxylic acids is 1. The summed E-state index contributed by atoms with van der Waals surface area (Å²) >= 11 is 3.41. The molecule has 0 atom stereocenters. The molecule has 0 saturated heterocycles. The van der Waals surface area contributed by atoms with Crippen molar-refractivity contribution < 1.29 is 14.7 Å². The highest BCUT2D eigenvalue weighted by Gasteiger charge is 2.18. The summed E-state index contributed by atoms with van der Waals surface area (Å²) in [4.78, 5) is 24.5. The normalized spacial score (nSPS) is 10.5. The van der Waals surface area contributed by atoms with Gasteiger partial charge in [-0.25, -0.2) is 4.79 Å². The van der Waals surface area contributed by atoms with Crippen LogP contribution in [0.5, 0.6) is 0 Å². The maximum absolute atomic E-state index is 12.3. The predicted octanol–water partition coefficient (Wildman–Crippen LogP) is 3.86. The van der Waals surface area contributed by atoms with Gasteiger partial charge in [-0.1, -0.05) is 6.07 Å². The largest absolute Gasteiger partial charge is 0.481 e. The molecule has 0 bridgehead atoms. The van der Waals surface area contributed by atoms with Crippen molar-refractivity contribution in [3.05, 3.63) is 28.2 Å². The van der Waals surface area contributed by atoms with E-state index >= 15 is 0 Å². The lowest BCUT2D eigenvalue weighted by atomic mass is 10.2. The molecule has 0 heterocycles. The van der Waals surface area contributed by atoms with Crippen molar-refractivity contribution in [3.8, 4) is 0 Å². The van der Waals surface area contributed by atoms with E-state index in [2.05, 4.69) is 21.2 Å². The maximum atomic E-state index is 12.3. The average Bonchev–Trinajstić information content (AvgIpc) is 2.38. The van der Waals surface area contributed by atoms with Crippen LogP contribution in [-0.2, 0) is 4.79 Å². The van der Waals surface area contributed by atoms with E-state index in [-0.39, 0.29) is 18.5 Å². The molecule has 21 heavy (non-hydrogen) atoms. The summed E-state index contributed by atoms with van der Waals surface area (Å²) in [6.07, 6.45) is 0.501. The van der Waals surface area contributed by atoms with E-state index in [0.29, 0.717) is 18.7 Å². The smallest absolute Gasteiger partial charge is 0.322 e. The molecule has 0 aromatic heterocycles. The van der Waals surface area contributed by atoms with Gasteiger partial charge in [0.05, 0.1) is 5.69 Å². The van der Waals surface area contributed by atoms with Crippen molar-refractivity contribution in [2.24, 2.45) is 0 Å². The van der Waals surface area contributed by atoms with Crippen molar-refractivity contribution >= 4 is 33.6 Å². The Bertz CT molecular complexity index is 518. The van der Waals surface area contributed by atoms with Crippen molar-refractivity contribution in [2.45, 2.75) is 39.7 Å². The second-order valence-electron chi connectivity index (χ2n) is 5.20. The summed E-state index contributed by atoms with van der Waals surface area (Å²) in [5, 5.41) is 11.5. The van der Waals surface area contributed by atoms with Crippen molar-refractivity contribution in [1.82, 2.24) is 4.90 Å². The number of carboxylic acids is 1. The fraction of sp³-hybridized carbons (Fsp3) is 0.467. The highest BCUT2D eigenvalue weighted by Crippen LogP contribution is 2.24. The maximum Gasteiger partial charge on any atom is 0.322 e. The second-order valence-corrected chi connectivity index (χ2v) is 6.05. The van der Waals surface area contributed by atoms with Gasteiger partial charge in [-0.2, -0.15) is 0 Å². The van der Waals surface area contributed by atoms with E-state index in [0.717, 1.165) is 10.0 Å². The Hall–Kier alpha value is -1.56. The number of urea groups is 1. The number of nitrogens with zero attached hydrogens (tertiary/aromatic N) is 1. The molecular formula is C15H21BrN2O3. The summed E-state index contributed by atoms with van der Waals surface area (Å²) in [7, 11) is 0. The molecule has 5 nitrogen and oxygen atoms in total. The van der Waals surface area contributed by atoms with E-state index in [1.54, 1.807) is 4.90 Å². The second kappa shape index (κ2) is 8.02. The quantitative estimate of drug-likeness (QED) is 0.812. The minimum absolute atomic E-state index is 0.00220. The molecule has 0 aliphatic rings. The summed E-state index contributed by atoms with van der Waals surface area (Å²) < 4.78 is 0.815.